The fraction of sp³-hybridized carbons (Fsp3) is 0.250. The Labute approximate surface area is 69.8 Å². The number of aliphatic hydroxyl groups excluding tert-OH is 1. The number of hydrogen-bond acceptors (Lipinski definition) is 4. The summed E-state index contributed by atoms with van der Waals surface area (Å²) in [6, 6.07) is 3.48. The number of pyridine rings is 1. The third kappa shape index (κ3) is 1.79. The normalized spacial score (nSPS) is 9.50. The Balaban J connectivity index is 2.87. The molecule has 1 N–H and O–H groups in total. The van der Waals surface area contributed by atoms with Gasteiger partial charge in [0.25, 0.3) is 0 Å². The first-order valence-corrected chi connectivity index (χ1v) is 3.45. The molecule has 1 aromatic rings. The van der Waals surface area contributed by atoms with Crippen LogP contribution >= 0.6 is 0 Å². The van der Waals surface area contributed by atoms with Gasteiger partial charge in [-0.15, -0.1) is 0 Å². The molecule has 0 aliphatic carbocycles. The minimum absolute atomic E-state index is 0.242. The molecule has 0 saturated heterocycles. The molecule has 1 rings (SSSR count). The Kier molecular flexibility index (Phi) is 2.76. The fourth-order valence-corrected chi connectivity index (χ4v) is 0.826. The van der Waals surface area contributed by atoms with E-state index in [1.165, 1.54) is 6.20 Å². The second-order valence-corrected chi connectivity index (χ2v) is 2.23. The first kappa shape index (κ1) is 8.67. The summed E-state index contributed by atoms with van der Waals surface area (Å²) in [7, 11) is 0. The van der Waals surface area contributed by atoms with Crippen LogP contribution in [0.25, 0.3) is 0 Å². The Bertz CT molecular complexity index is 285. The van der Waals surface area contributed by atoms with E-state index >= 15 is 0 Å². The number of carbonyl (C=O) groups is 1. The highest BCUT2D eigenvalue weighted by Gasteiger charge is 2.09. The second-order valence-electron chi connectivity index (χ2n) is 2.23. The lowest BCUT2D eigenvalue weighted by molar-refractivity contribution is 0.00616. The summed E-state index contributed by atoms with van der Waals surface area (Å²) >= 11 is 0. The fourth-order valence-electron chi connectivity index (χ4n) is 0.826. The predicted molar refractivity (Wildman–Crippen MR) is 41.5 cm³/mol. The number of ether oxygens (including phenoxy) is 1. The predicted octanol–water partition coefficient (Wildman–Crippen LogP) is 0.497. The molecule has 0 aromatic carbocycles. The summed E-state index contributed by atoms with van der Waals surface area (Å²) in [6.07, 6.45) is 1.50. The molecule has 0 aliphatic heterocycles. The standard InChI is InChI=1S/C8H9NO3/c1-6-3-2-4-9-7(6)8(11)12-5-10/h2-4,10H,5H2,1H3. The van der Waals surface area contributed by atoms with Gasteiger partial charge in [0.1, 0.15) is 0 Å². The first-order chi connectivity index (χ1) is 5.75. The highest BCUT2D eigenvalue weighted by molar-refractivity contribution is 5.88. The van der Waals surface area contributed by atoms with E-state index in [1.807, 2.05) is 0 Å². The molecule has 64 valence electrons. The molecule has 4 heteroatoms. The zero-order valence-corrected chi connectivity index (χ0v) is 6.65. The minimum Gasteiger partial charge on any atom is -0.434 e. The van der Waals surface area contributed by atoms with Crippen molar-refractivity contribution >= 4 is 5.97 Å². The molecule has 1 aromatic heterocycles. The summed E-state index contributed by atoms with van der Waals surface area (Å²) in [5, 5.41) is 8.32. The van der Waals surface area contributed by atoms with Gasteiger partial charge >= 0.3 is 5.97 Å². The maximum absolute atomic E-state index is 11.0. The van der Waals surface area contributed by atoms with E-state index in [1.54, 1.807) is 19.1 Å². The van der Waals surface area contributed by atoms with Crippen molar-refractivity contribution in [1.82, 2.24) is 4.98 Å². The summed E-state index contributed by atoms with van der Waals surface area (Å²) < 4.78 is 4.36. The molecule has 0 fully saturated rings. The molecule has 0 bridgehead atoms. The van der Waals surface area contributed by atoms with E-state index in [-0.39, 0.29) is 5.69 Å². The van der Waals surface area contributed by atoms with Crippen molar-refractivity contribution < 1.29 is 14.6 Å². The quantitative estimate of drug-likeness (QED) is 0.514. The molecule has 0 aliphatic rings. The van der Waals surface area contributed by atoms with Gasteiger partial charge < -0.3 is 9.84 Å². The largest absolute Gasteiger partial charge is 0.434 e. The zero-order valence-electron chi connectivity index (χ0n) is 6.65. The van der Waals surface area contributed by atoms with Crippen molar-refractivity contribution in [3.8, 4) is 0 Å². The van der Waals surface area contributed by atoms with Gasteiger partial charge in [-0.3, -0.25) is 0 Å². The van der Waals surface area contributed by atoms with Gasteiger partial charge in [0.15, 0.2) is 12.5 Å². The molecular formula is C8H9NO3. The van der Waals surface area contributed by atoms with Crippen LogP contribution in [-0.2, 0) is 4.74 Å². The molecule has 0 unspecified atom stereocenters. The summed E-state index contributed by atoms with van der Waals surface area (Å²) in [5.74, 6) is -0.601. The van der Waals surface area contributed by atoms with Crippen LogP contribution < -0.4 is 0 Å². The maximum atomic E-state index is 11.0. The SMILES string of the molecule is Cc1cccnc1C(=O)OCO. The Morgan fingerprint density at radius 2 is 2.50 bits per heavy atom. The van der Waals surface area contributed by atoms with Crippen molar-refractivity contribution in [3.63, 3.8) is 0 Å². The summed E-state index contributed by atoms with van der Waals surface area (Å²) in [5.41, 5.74) is 0.975. The molecule has 0 atom stereocenters. The molecule has 4 nitrogen and oxygen atoms in total. The minimum atomic E-state index is -0.616. The lowest BCUT2D eigenvalue weighted by Gasteiger charge is -2.01. The molecule has 0 radical (unpaired) electrons. The van der Waals surface area contributed by atoms with Crippen LogP contribution in [0.5, 0.6) is 0 Å². The van der Waals surface area contributed by atoms with Gasteiger partial charge in [-0.25, -0.2) is 9.78 Å². The highest BCUT2D eigenvalue weighted by Crippen LogP contribution is 2.04. The van der Waals surface area contributed by atoms with E-state index in [4.69, 9.17) is 5.11 Å². The van der Waals surface area contributed by atoms with Crippen LogP contribution in [0.4, 0.5) is 0 Å². The van der Waals surface area contributed by atoms with Gasteiger partial charge in [0.2, 0.25) is 0 Å². The lowest BCUT2D eigenvalue weighted by Crippen LogP contribution is -2.09. The Morgan fingerprint density at radius 3 is 3.08 bits per heavy atom. The number of nitrogens with zero attached hydrogens (tertiary/aromatic N) is 1. The van der Waals surface area contributed by atoms with E-state index in [0.717, 1.165) is 5.56 Å². The second kappa shape index (κ2) is 3.82. The summed E-state index contributed by atoms with van der Waals surface area (Å²) in [6.45, 7) is 1.13. The number of esters is 1. The molecule has 0 spiro atoms. The van der Waals surface area contributed by atoms with E-state index in [0.29, 0.717) is 0 Å². The van der Waals surface area contributed by atoms with Crippen molar-refractivity contribution in [3.05, 3.63) is 29.6 Å². The highest BCUT2D eigenvalue weighted by atomic mass is 16.6. The topological polar surface area (TPSA) is 59.4 Å². The van der Waals surface area contributed by atoms with Crippen LogP contribution in [-0.4, -0.2) is 22.9 Å². The first-order valence-electron chi connectivity index (χ1n) is 3.45. The number of carbonyl (C=O) groups excluding carboxylic acids is 1. The average molecular weight is 167 g/mol. The van der Waals surface area contributed by atoms with Crippen molar-refractivity contribution in [2.75, 3.05) is 6.79 Å². The van der Waals surface area contributed by atoms with E-state index in [2.05, 4.69) is 9.72 Å². The van der Waals surface area contributed by atoms with Crippen molar-refractivity contribution in [2.45, 2.75) is 6.92 Å². The van der Waals surface area contributed by atoms with Gasteiger partial charge in [-0.1, -0.05) is 6.07 Å². The van der Waals surface area contributed by atoms with Crippen LogP contribution in [0, 0.1) is 6.92 Å². The lowest BCUT2D eigenvalue weighted by atomic mass is 10.2. The number of rotatable bonds is 2. The number of aromatic nitrogens is 1. The van der Waals surface area contributed by atoms with Gasteiger partial charge in [0.05, 0.1) is 0 Å². The number of aliphatic hydroxyl groups is 1. The average Bonchev–Trinajstić information content (AvgIpc) is 2.05. The molecule has 12 heavy (non-hydrogen) atoms. The van der Waals surface area contributed by atoms with Crippen LogP contribution in [0.15, 0.2) is 18.3 Å². The van der Waals surface area contributed by atoms with Gasteiger partial charge in [0, 0.05) is 6.20 Å². The van der Waals surface area contributed by atoms with Crippen molar-refractivity contribution in [1.29, 1.82) is 0 Å². The zero-order chi connectivity index (χ0) is 8.97. The van der Waals surface area contributed by atoms with E-state index in [9.17, 15) is 4.79 Å². The summed E-state index contributed by atoms with van der Waals surface area (Å²) in [4.78, 5) is 14.8. The van der Waals surface area contributed by atoms with Gasteiger partial charge in [-0.2, -0.15) is 0 Å². The maximum Gasteiger partial charge on any atom is 0.359 e. The Hall–Kier alpha value is -1.42. The van der Waals surface area contributed by atoms with Crippen LogP contribution in [0.1, 0.15) is 16.1 Å². The molecule has 1 heterocycles. The molecule has 0 saturated carbocycles. The molecular weight excluding hydrogens is 158 g/mol. The third-order valence-electron chi connectivity index (χ3n) is 1.40. The van der Waals surface area contributed by atoms with E-state index < -0.39 is 12.8 Å². The van der Waals surface area contributed by atoms with Crippen LogP contribution in [0.2, 0.25) is 0 Å². The monoisotopic (exact) mass is 167 g/mol. The number of aryl methyl sites for hydroxylation is 1. The third-order valence-corrected chi connectivity index (χ3v) is 1.40. The van der Waals surface area contributed by atoms with Crippen molar-refractivity contribution in [2.24, 2.45) is 0 Å². The van der Waals surface area contributed by atoms with Crippen LogP contribution in [0.3, 0.4) is 0 Å². The Morgan fingerprint density at radius 1 is 1.75 bits per heavy atom. The molecule has 0 amide bonds. The van der Waals surface area contributed by atoms with Gasteiger partial charge in [-0.05, 0) is 18.6 Å². The smallest absolute Gasteiger partial charge is 0.359 e. The number of hydrogen-bond donors (Lipinski definition) is 1.